The van der Waals surface area contributed by atoms with E-state index in [0.717, 1.165) is 24.0 Å². The number of hydrogen-bond acceptors (Lipinski definition) is 3. The topological polar surface area (TPSA) is 23.6 Å². The maximum absolute atomic E-state index is 12.5. The summed E-state index contributed by atoms with van der Waals surface area (Å²) in [5, 5.41) is 0. The Morgan fingerprint density at radius 1 is 1.08 bits per heavy atom. The van der Waals surface area contributed by atoms with Crippen LogP contribution in [0.4, 0.5) is 5.69 Å². The molecule has 1 aliphatic heterocycles. The van der Waals surface area contributed by atoms with Crippen molar-refractivity contribution in [3.63, 3.8) is 0 Å². The first-order valence-electron chi connectivity index (χ1n) is 8.48. The molecule has 2 aliphatic rings. The van der Waals surface area contributed by atoms with Crippen LogP contribution in [-0.4, -0.2) is 31.8 Å². The number of carbonyl (C=O) groups is 1. The van der Waals surface area contributed by atoms with Gasteiger partial charge >= 0.3 is 0 Å². The third-order valence-corrected chi connectivity index (χ3v) is 5.04. The second-order valence-corrected chi connectivity index (χ2v) is 7.39. The van der Waals surface area contributed by atoms with E-state index in [4.69, 9.17) is 0 Å². The minimum absolute atomic E-state index is 0.0492. The Balaban J connectivity index is 1.92. The van der Waals surface area contributed by atoms with Crippen molar-refractivity contribution in [3.05, 3.63) is 65.0 Å². The fourth-order valence-electron chi connectivity index (χ4n) is 3.78. The number of likely N-dealkylation sites (N-methyl/N-ethyl adjacent to an activating group) is 1. The van der Waals surface area contributed by atoms with Gasteiger partial charge in [-0.1, -0.05) is 38.1 Å². The Kier molecular flexibility index (Phi) is 4.12. The van der Waals surface area contributed by atoms with E-state index in [-0.39, 0.29) is 11.2 Å². The summed E-state index contributed by atoms with van der Waals surface area (Å²) in [5.74, 6) is 0.191. The van der Waals surface area contributed by atoms with Crippen LogP contribution in [-0.2, 0) is 10.2 Å². The van der Waals surface area contributed by atoms with Gasteiger partial charge in [-0.05, 0) is 30.5 Å². The molecule has 3 nitrogen and oxygen atoms in total. The van der Waals surface area contributed by atoms with Crippen LogP contribution in [0.15, 0.2) is 59.5 Å². The van der Waals surface area contributed by atoms with Crippen molar-refractivity contribution < 1.29 is 4.79 Å². The molecule has 0 amide bonds. The second-order valence-electron chi connectivity index (χ2n) is 7.39. The summed E-state index contributed by atoms with van der Waals surface area (Å²) >= 11 is 0. The van der Waals surface area contributed by atoms with Gasteiger partial charge in [0.1, 0.15) is 0 Å². The SMILES string of the molecule is CN(C)/C=C1\CC/C(=C\C=C2/N(C)c3ccccc3C2(C)C)C1=O. The largest absolute Gasteiger partial charge is 0.383 e. The molecule has 1 heterocycles. The summed E-state index contributed by atoms with van der Waals surface area (Å²) in [4.78, 5) is 16.7. The number of carbonyl (C=O) groups excluding carboxylic acids is 1. The number of anilines is 1. The van der Waals surface area contributed by atoms with Gasteiger partial charge < -0.3 is 9.80 Å². The molecule has 1 fully saturated rings. The Morgan fingerprint density at radius 2 is 1.75 bits per heavy atom. The summed E-state index contributed by atoms with van der Waals surface area (Å²) in [5.41, 5.74) is 5.59. The van der Waals surface area contributed by atoms with Gasteiger partial charge in [0, 0.05) is 55.3 Å². The average molecular weight is 322 g/mol. The van der Waals surface area contributed by atoms with Crippen molar-refractivity contribution in [2.24, 2.45) is 0 Å². The first-order valence-corrected chi connectivity index (χ1v) is 8.48. The van der Waals surface area contributed by atoms with Crippen LogP contribution in [0.3, 0.4) is 0 Å². The molecule has 1 aliphatic carbocycles. The molecular formula is C21H26N2O. The predicted octanol–water partition coefficient (Wildman–Crippen LogP) is 4.03. The molecule has 0 saturated heterocycles. The molecule has 126 valence electrons. The van der Waals surface area contributed by atoms with Gasteiger partial charge in [-0.15, -0.1) is 0 Å². The molecule has 0 bridgehead atoms. The van der Waals surface area contributed by atoms with E-state index in [9.17, 15) is 4.79 Å². The van der Waals surface area contributed by atoms with Crippen molar-refractivity contribution >= 4 is 11.5 Å². The lowest BCUT2D eigenvalue weighted by atomic mass is 9.83. The molecule has 0 unspecified atom stereocenters. The molecule has 24 heavy (non-hydrogen) atoms. The molecule has 0 spiro atoms. The number of benzene rings is 1. The van der Waals surface area contributed by atoms with E-state index in [2.05, 4.69) is 56.1 Å². The number of fused-ring (bicyclic) bond motifs is 1. The van der Waals surface area contributed by atoms with Crippen molar-refractivity contribution in [2.45, 2.75) is 32.1 Å². The Hall–Kier alpha value is -2.29. The predicted molar refractivity (Wildman–Crippen MR) is 100 cm³/mol. The smallest absolute Gasteiger partial charge is 0.186 e. The van der Waals surface area contributed by atoms with E-state index in [1.54, 1.807) is 0 Å². The standard InChI is InChI=1S/C21H26N2O/c1-21(2)17-8-6-7-9-18(17)23(5)19(21)13-12-15-10-11-16(20(15)24)14-22(3)4/h6-9,12-14H,10-11H2,1-5H3/b15-12+,16-14+,19-13-. The van der Waals surface area contributed by atoms with Gasteiger partial charge in [0.2, 0.25) is 0 Å². The lowest BCUT2D eigenvalue weighted by molar-refractivity contribution is -0.111. The van der Waals surface area contributed by atoms with Gasteiger partial charge in [-0.25, -0.2) is 0 Å². The van der Waals surface area contributed by atoms with Gasteiger partial charge in [-0.2, -0.15) is 0 Å². The minimum atomic E-state index is -0.0492. The van der Waals surface area contributed by atoms with Crippen LogP contribution >= 0.6 is 0 Å². The zero-order valence-electron chi connectivity index (χ0n) is 15.3. The van der Waals surface area contributed by atoms with Crippen LogP contribution in [0.5, 0.6) is 0 Å². The summed E-state index contributed by atoms with van der Waals surface area (Å²) in [7, 11) is 6.01. The van der Waals surface area contributed by atoms with Crippen LogP contribution in [0, 0.1) is 0 Å². The van der Waals surface area contributed by atoms with E-state index in [1.165, 1.54) is 16.9 Å². The van der Waals surface area contributed by atoms with Gasteiger partial charge in [0.15, 0.2) is 5.78 Å². The zero-order valence-corrected chi connectivity index (χ0v) is 15.3. The van der Waals surface area contributed by atoms with Crippen LogP contribution in [0.1, 0.15) is 32.3 Å². The monoisotopic (exact) mass is 322 g/mol. The lowest BCUT2D eigenvalue weighted by Crippen LogP contribution is -2.22. The van der Waals surface area contributed by atoms with Crippen molar-refractivity contribution in [3.8, 4) is 0 Å². The average Bonchev–Trinajstić information content (AvgIpc) is 2.95. The number of Topliss-reactive ketones (excluding diaryl/α,β-unsaturated/α-hetero) is 1. The van der Waals surface area contributed by atoms with E-state index >= 15 is 0 Å². The lowest BCUT2D eigenvalue weighted by Gasteiger charge is -2.23. The number of ketones is 1. The molecule has 1 aromatic rings. The van der Waals surface area contributed by atoms with Crippen molar-refractivity contribution in [1.29, 1.82) is 0 Å². The normalized spacial score (nSPS) is 24.3. The molecule has 0 atom stereocenters. The molecule has 0 radical (unpaired) electrons. The highest BCUT2D eigenvalue weighted by Crippen LogP contribution is 2.46. The van der Waals surface area contributed by atoms with Crippen LogP contribution < -0.4 is 4.90 Å². The fourth-order valence-corrected chi connectivity index (χ4v) is 3.78. The van der Waals surface area contributed by atoms with Crippen molar-refractivity contribution in [2.75, 3.05) is 26.0 Å². The van der Waals surface area contributed by atoms with Gasteiger partial charge in [0.25, 0.3) is 0 Å². The number of rotatable bonds is 2. The minimum Gasteiger partial charge on any atom is -0.383 e. The van der Waals surface area contributed by atoms with Crippen LogP contribution in [0.25, 0.3) is 0 Å². The van der Waals surface area contributed by atoms with Crippen LogP contribution in [0.2, 0.25) is 0 Å². The molecular weight excluding hydrogens is 296 g/mol. The molecule has 1 saturated carbocycles. The number of hydrogen-bond donors (Lipinski definition) is 0. The van der Waals surface area contributed by atoms with E-state index in [1.807, 2.05) is 31.3 Å². The summed E-state index contributed by atoms with van der Waals surface area (Å²) < 4.78 is 0. The highest BCUT2D eigenvalue weighted by molar-refractivity contribution is 6.10. The maximum Gasteiger partial charge on any atom is 0.186 e. The second kappa shape index (κ2) is 5.97. The quantitative estimate of drug-likeness (QED) is 0.768. The first-order chi connectivity index (χ1) is 11.3. The van der Waals surface area contributed by atoms with E-state index < -0.39 is 0 Å². The summed E-state index contributed by atoms with van der Waals surface area (Å²) in [6, 6.07) is 8.52. The molecule has 1 aromatic carbocycles. The maximum atomic E-state index is 12.5. The molecule has 0 N–H and O–H groups in total. The van der Waals surface area contributed by atoms with Crippen molar-refractivity contribution in [1.82, 2.24) is 4.90 Å². The highest BCUT2D eigenvalue weighted by atomic mass is 16.1. The Labute approximate surface area is 145 Å². The Morgan fingerprint density at radius 3 is 2.42 bits per heavy atom. The zero-order chi connectivity index (χ0) is 17.5. The summed E-state index contributed by atoms with van der Waals surface area (Å²) in [6.07, 6.45) is 7.77. The fraction of sp³-hybridized carbons (Fsp3) is 0.381. The number of para-hydroxylation sites is 1. The number of allylic oxidation sites excluding steroid dienone is 5. The molecule has 3 heteroatoms. The molecule has 3 rings (SSSR count). The van der Waals surface area contributed by atoms with E-state index in [0.29, 0.717) is 0 Å². The molecule has 0 aromatic heterocycles. The third-order valence-electron chi connectivity index (χ3n) is 5.04. The first kappa shape index (κ1) is 16.6. The number of nitrogens with zero attached hydrogens (tertiary/aromatic N) is 2. The third kappa shape index (κ3) is 2.68. The van der Waals surface area contributed by atoms with Gasteiger partial charge in [0.05, 0.1) is 0 Å². The highest BCUT2D eigenvalue weighted by Gasteiger charge is 2.37. The summed E-state index contributed by atoms with van der Waals surface area (Å²) in [6.45, 7) is 4.49. The van der Waals surface area contributed by atoms with Gasteiger partial charge in [-0.3, -0.25) is 4.79 Å². The Bertz CT molecular complexity index is 766.